The molecule has 0 aliphatic heterocycles. The average molecular weight is 361 g/mol. The van der Waals surface area contributed by atoms with Crippen LogP contribution in [-0.4, -0.2) is 31.3 Å². The van der Waals surface area contributed by atoms with Gasteiger partial charge in [-0.3, -0.25) is 4.79 Å². The molecule has 2 aromatic rings. The van der Waals surface area contributed by atoms with E-state index in [9.17, 15) is 14.9 Å². The predicted molar refractivity (Wildman–Crippen MR) is 92.1 cm³/mol. The number of ether oxygens (including phenoxy) is 2. The smallest absolute Gasteiger partial charge is 0.313 e. The number of hydrogen-bond acceptors (Lipinski definition) is 6. The number of rotatable bonds is 9. The Balaban J connectivity index is 2.63. The number of hydrogen-bond donors (Lipinski definition) is 0. The molecule has 0 bridgehead atoms. The zero-order valence-corrected chi connectivity index (χ0v) is 13.0. The van der Waals surface area contributed by atoms with Gasteiger partial charge in [-0.05, 0) is 48.1 Å². The molecular formula is C18H21NO6. The summed E-state index contributed by atoms with van der Waals surface area (Å²) < 4.78 is 120. The van der Waals surface area contributed by atoms with Gasteiger partial charge in [-0.2, -0.15) is 0 Å². The summed E-state index contributed by atoms with van der Waals surface area (Å²) >= 11 is 0. The van der Waals surface area contributed by atoms with E-state index >= 15 is 0 Å². The van der Waals surface area contributed by atoms with Crippen molar-refractivity contribution in [3.8, 4) is 5.75 Å². The van der Waals surface area contributed by atoms with Crippen LogP contribution in [0.3, 0.4) is 0 Å². The summed E-state index contributed by atoms with van der Waals surface area (Å²) in [6, 6.07) is -4.20. The summed E-state index contributed by atoms with van der Waals surface area (Å²) in [5, 5.41) is 7.89. The Kier molecular flexibility index (Phi) is 2.55. The van der Waals surface area contributed by atoms with Crippen LogP contribution >= 0.6 is 0 Å². The summed E-state index contributed by atoms with van der Waals surface area (Å²) in [6.45, 7) is -7.11. The lowest BCUT2D eigenvalue weighted by molar-refractivity contribution is -0.757. The first kappa shape index (κ1) is 7.19. The molecule has 0 fully saturated rings. The Morgan fingerprint density at radius 3 is 2.64 bits per heavy atom. The van der Waals surface area contributed by atoms with Crippen LogP contribution in [-0.2, 0) is 14.4 Å². The maximum absolute atomic E-state index is 12.9. The molecule has 0 radical (unpaired) electrons. The molecule has 0 heterocycles. The van der Waals surface area contributed by atoms with Crippen LogP contribution in [0.4, 0.5) is 0 Å². The normalized spacial score (nSPS) is 22.2. The highest BCUT2D eigenvalue weighted by atomic mass is 16.9. The van der Waals surface area contributed by atoms with Gasteiger partial charge in [-0.15, -0.1) is 10.1 Å². The molecule has 0 amide bonds. The monoisotopic (exact) mass is 361 g/mol. The Morgan fingerprint density at radius 1 is 1.24 bits per heavy atom. The molecule has 0 saturated carbocycles. The summed E-state index contributed by atoms with van der Waals surface area (Å²) in [5.74, 6) is -3.95. The quantitative estimate of drug-likeness (QED) is 0.386. The minimum absolute atomic E-state index is 0.398. The van der Waals surface area contributed by atoms with Crippen LogP contribution in [0.1, 0.15) is 50.3 Å². The number of fused-ring (bicyclic) bond motifs is 1. The Bertz CT molecular complexity index is 1350. The molecule has 25 heavy (non-hydrogen) atoms. The molecule has 1 atom stereocenters. The van der Waals surface area contributed by atoms with Crippen molar-refractivity contribution in [2.24, 2.45) is 0 Å². The van der Waals surface area contributed by atoms with Crippen molar-refractivity contribution in [1.82, 2.24) is 0 Å². The largest absolute Gasteiger partial charge is 0.497 e. The van der Waals surface area contributed by atoms with E-state index in [-0.39, 0.29) is 0 Å². The standard InChI is InChI=1S/C18H21NO6/c1-13(18(20)24-9-3-4-10-25-19(21)22)14-5-6-16-12-17(23-2)8-7-15(16)11-14/h5-8,11-13H,3-4,9-10H2,1-2H3/t13-/m0/s1/i3D2,4D2,5D,6D,7D,8D,9D2,10D2,11D,12D. The van der Waals surface area contributed by atoms with Gasteiger partial charge in [0.05, 0.1) is 39.9 Å². The van der Waals surface area contributed by atoms with Gasteiger partial charge in [0, 0.05) is 5.48 Å². The fraction of sp³-hybridized carbons (Fsp3) is 0.389. The molecule has 0 spiro atoms. The first-order valence-corrected chi connectivity index (χ1v) is 6.63. The van der Waals surface area contributed by atoms with Crippen molar-refractivity contribution in [2.45, 2.75) is 25.6 Å². The van der Waals surface area contributed by atoms with Gasteiger partial charge in [-0.25, -0.2) is 0 Å². The van der Waals surface area contributed by atoms with Gasteiger partial charge in [-0.1, -0.05) is 24.2 Å². The Hall–Kier alpha value is -2.83. The summed E-state index contributed by atoms with van der Waals surface area (Å²) in [6.07, 6.45) is -8.26. The summed E-state index contributed by atoms with van der Waals surface area (Å²) in [5.41, 5.74) is -0.624. The molecule has 134 valence electrons. The van der Waals surface area contributed by atoms with Crippen molar-refractivity contribution in [3.63, 3.8) is 0 Å². The third-order valence-electron chi connectivity index (χ3n) is 2.80. The van der Waals surface area contributed by atoms with E-state index in [1.165, 1.54) is 0 Å². The second kappa shape index (κ2) is 8.86. The Labute approximate surface area is 165 Å². The maximum atomic E-state index is 12.9. The number of benzene rings is 2. The molecule has 0 aliphatic carbocycles. The number of esters is 1. The van der Waals surface area contributed by atoms with Gasteiger partial charge in [0.15, 0.2) is 0 Å². The number of methoxy groups -OCH3 is 1. The fourth-order valence-electron chi connectivity index (χ4n) is 1.58. The third-order valence-corrected chi connectivity index (χ3v) is 2.80. The van der Waals surface area contributed by atoms with Gasteiger partial charge >= 0.3 is 5.97 Å². The molecule has 0 N–H and O–H groups in total. The van der Waals surface area contributed by atoms with E-state index in [4.69, 9.17) is 23.9 Å². The summed E-state index contributed by atoms with van der Waals surface area (Å²) in [7, 11) is 1.11. The minimum atomic E-state index is -4.13. The van der Waals surface area contributed by atoms with E-state index in [1.54, 1.807) is 0 Å². The molecular weight excluding hydrogens is 326 g/mol. The van der Waals surface area contributed by atoms with E-state index in [0.717, 1.165) is 14.0 Å². The van der Waals surface area contributed by atoms with Crippen LogP contribution in [0, 0.1) is 10.1 Å². The fourth-order valence-corrected chi connectivity index (χ4v) is 1.58. The van der Waals surface area contributed by atoms with Gasteiger partial charge in [0.2, 0.25) is 0 Å². The third kappa shape index (κ3) is 5.34. The molecule has 0 saturated heterocycles. The zero-order valence-electron chi connectivity index (χ0n) is 27.0. The lowest BCUT2D eigenvalue weighted by Crippen LogP contribution is -2.14. The second-order valence-corrected chi connectivity index (χ2v) is 4.36. The van der Waals surface area contributed by atoms with Gasteiger partial charge in [0.25, 0.3) is 5.09 Å². The molecule has 0 unspecified atom stereocenters. The number of carbonyl (C=O) groups excluding carboxylic acids is 1. The second-order valence-electron chi connectivity index (χ2n) is 4.36. The first-order chi connectivity index (χ1) is 17.5. The van der Waals surface area contributed by atoms with Gasteiger partial charge in [0.1, 0.15) is 5.75 Å². The van der Waals surface area contributed by atoms with Crippen molar-refractivity contribution in [3.05, 3.63) is 51.9 Å². The highest BCUT2D eigenvalue weighted by molar-refractivity contribution is 5.86. The maximum Gasteiger partial charge on any atom is 0.313 e. The van der Waals surface area contributed by atoms with Crippen LogP contribution in [0.25, 0.3) is 10.8 Å². The van der Waals surface area contributed by atoms with E-state index in [0.29, 0.717) is 0 Å². The Morgan fingerprint density at radius 2 is 1.92 bits per heavy atom. The molecule has 7 nitrogen and oxygen atoms in total. The predicted octanol–water partition coefficient (Wildman–Crippen LogP) is 3.48. The number of nitrogens with zero attached hydrogens (tertiary/aromatic N) is 1. The van der Waals surface area contributed by atoms with Crippen LogP contribution in [0.5, 0.6) is 5.75 Å². The molecule has 2 aromatic carbocycles. The van der Waals surface area contributed by atoms with Crippen LogP contribution in [0.15, 0.2) is 36.3 Å². The number of carbonyl (C=O) groups is 1. The van der Waals surface area contributed by atoms with E-state index in [1.807, 2.05) is 0 Å². The SMILES string of the molecule is [2H]c1c([C@H](C)C(=O)OC([2H])([2H])C([2H])([2H])C([2H])([2H])C([2H])([2H])O[N+](=O)[O-])c([2H])c2c([2H])c([2H])c(OC)c([2H])c2c1[2H]. The average Bonchev–Trinajstić information content (AvgIpc) is 2.78. The molecule has 2 rings (SSSR count). The highest BCUT2D eigenvalue weighted by Crippen LogP contribution is 2.25. The molecule has 0 aliphatic rings. The van der Waals surface area contributed by atoms with E-state index in [2.05, 4.69) is 9.57 Å². The molecule has 0 aromatic heterocycles. The topological polar surface area (TPSA) is 87.9 Å². The molecule has 7 heteroatoms. The highest BCUT2D eigenvalue weighted by Gasteiger charge is 2.17. The van der Waals surface area contributed by atoms with Crippen LogP contribution in [0.2, 0.25) is 0 Å². The van der Waals surface area contributed by atoms with Crippen molar-refractivity contribution in [2.75, 3.05) is 20.2 Å². The van der Waals surface area contributed by atoms with Crippen LogP contribution < -0.4 is 4.74 Å². The van der Waals surface area contributed by atoms with Gasteiger partial charge < -0.3 is 14.3 Å². The lowest BCUT2D eigenvalue weighted by atomic mass is 9.98. The zero-order chi connectivity index (χ0) is 30.6. The summed E-state index contributed by atoms with van der Waals surface area (Å²) in [4.78, 5) is 27.0. The van der Waals surface area contributed by atoms with Crippen molar-refractivity contribution < 1.29 is 43.4 Å². The first-order valence-electron chi connectivity index (χ1n) is 13.6. The van der Waals surface area contributed by atoms with Crippen molar-refractivity contribution >= 4 is 16.7 Å². The minimum Gasteiger partial charge on any atom is -0.497 e. The lowest BCUT2D eigenvalue weighted by Gasteiger charge is -2.13. The van der Waals surface area contributed by atoms with Crippen molar-refractivity contribution in [1.29, 1.82) is 0 Å². The van der Waals surface area contributed by atoms with E-state index < -0.39 is 101 Å².